The van der Waals surface area contributed by atoms with Crippen LogP contribution in [0.15, 0.2) is 23.3 Å². The SMILES string of the molecule is CC(C)(O)CCC[C@@H]1CC[C@]2(CCC/C(=C\C=C3C[C@@H](O)C[C@H](O)C3)C2)C1. The second kappa shape index (κ2) is 8.80. The number of aliphatic hydroxyl groups excluding tert-OH is 2. The Balaban J connectivity index is 1.53. The molecule has 0 aromatic rings. The molecule has 0 bridgehead atoms. The van der Waals surface area contributed by atoms with Gasteiger partial charge in [-0.3, -0.25) is 0 Å². The Morgan fingerprint density at radius 3 is 2.48 bits per heavy atom. The fourth-order valence-electron chi connectivity index (χ4n) is 5.82. The molecular formula is C24H40O3. The molecule has 0 aromatic carbocycles. The zero-order valence-electron chi connectivity index (χ0n) is 17.4. The lowest BCUT2D eigenvalue weighted by atomic mass is 9.70. The zero-order valence-corrected chi connectivity index (χ0v) is 17.4. The first-order valence-electron chi connectivity index (χ1n) is 11.2. The third kappa shape index (κ3) is 6.44. The van der Waals surface area contributed by atoms with Crippen LogP contribution < -0.4 is 0 Å². The van der Waals surface area contributed by atoms with Gasteiger partial charge in [0.05, 0.1) is 17.8 Å². The summed E-state index contributed by atoms with van der Waals surface area (Å²) in [7, 11) is 0. The summed E-state index contributed by atoms with van der Waals surface area (Å²) in [6, 6.07) is 0. The molecule has 154 valence electrons. The van der Waals surface area contributed by atoms with E-state index < -0.39 is 5.60 Å². The van der Waals surface area contributed by atoms with Crippen LogP contribution in [0.4, 0.5) is 0 Å². The van der Waals surface area contributed by atoms with Gasteiger partial charge in [0, 0.05) is 0 Å². The molecule has 0 amide bonds. The number of rotatable bonds is 5. The van der Waals surface area contributed by atoms with Crippen LogP contribution in [0.2, 0.25) is 0 Å². The van der Waals surface area contributed by atoms with Crippen molar-refractivity contribution in [1.29, 1.82) is 0 Å². The van der Waals surface area contributed by atoms with E-state index in [-0.39, 0.29) is 12.2 Å². The van der Waals surface area contributed by atoms with Crippen molar-refractivity contribution in [2.75, 3.05) is 0 Å². The fourth-order valence-corrected chi connectivity index (χ4v) is 5.82. The van der Waals surface area contributed by atoms with E-state index in [9.17, 15) is 15.3 Å². The molecule has 4 atom stereocenters. The van der Waals surface area contributed by atoms with Crippen molar-refractivity contribution >= 4 is 0 Å². The fraction of sp³-hybridized carbons (Fsp3) is 0.833. The Kier molecular flexibility index (Phi) is 6.87. The van der Waals surface area contributed by atoms with Crippen molar-refractivity contribution < 1.29 is 15.3 Å². The van der Waals surface area contributed by atoms with Gasteiger partial charge in [-0.05, 0) is 95.8 Å². The molecule has 3 heteroatoms. The number of allylic oxidation sites excluding steroid dienone is 3. The molecule has 0 unspecified atom stereocenters. The highest BCUT2D eigenvalue weighted by Gasteiger charge is 2.40. The third-order valence-corrected chi connectivity index (χ3v) is 7.11. The van der Waals surface area contributed by atoms with E-state index in [4.69, 9.17) is 0 Å². The van der Waals surface area contributed by atoms with E-state index >= 15 is 0 Å². The van der Waals surface area contributed by atoms with E-state index in [1.807, 2.05) is 13.8 Å². The molecule has 3 fully saturated rings. The van der Waals surface area contributed by atoms with Crippen molar-refractivity contribution in [3.8, 4) is 0 Å². The maximum Gasteiger partial charge on any atom is 0.0602 e. The van der Waals surface area contributed by atoms with Crippen molar-refractivity contribution in [1.82, 2.24) is 0 Å². The zero-order chi connectivity index (χ0) is 19.5. The highest BCUT2D eigenvalue weighted by Crippen LogP contribution is 2.53. The minimum atomic E-state index is -0.523. The van der Waals surface area contributed by atoms with Crippen LogP contribution in [0, 0.1) is 11.3 Å². The molecule has 27 heavy (non-hydrogen) atoms. The first-order chi connectivity index (χ1) is 12.7. The minimum absolute atomic E-state index is 0.379. The molecule has 0 heterocycles. The van der Waals surface area contributed by atoms with Gasteiger partial charge in [0.15, 0.2) is 0 Å². The second-order valence-corrected chi connectivity index (χ2v) is 10.4. The van der Waals surface area contributed by atoms with Crippen LogP contribution in [-0.4, -0.2) is 33.1 Å². The molecule has 3 nitrogen and oxygen atoms in total. The van der Waals surface area contributed by atoms with E-state index in [1.54, 1.807) is 5.57 Å². The summed E-state index contributed by atoms with van der Waals surface area (Å²) in [5.41, 5.74) is 2.77. The number of aliphatic hydroxyl groups is 3. The molecule has 0 aromatic heterocycles. The summed E-state index contributed by atoms with van der Waals surface area (Å²) in [6.07, 6.45) is 18.2. The standard InChI is InChI=1S/C24H40O3/c1-23(2,27)10-3-5-19-9-12-24(17-19)11-4-6-18(16-24)7-8-20-13-21(25)15-22(26)14-20/h7-8,19,21-22,25-27H,3-6,9-17H2,1-2H3/b18-7+/t19-,21-,22-,24+/m1/s1. The second-order valence-electron chi connectivity index (χ2n) is 10.4. The van der Waals surface area contributed by atoms with Crippen LogP contribution in [0.5, 0.6) is 0 Å². The first-order valence-corrected chi connectivity index (χ1v) is 11.2. The summed E-state index contributed by atoms with van der Waals surface area (Å²) < 4.78 is 0. The highest BCUT2D eigenvalue weighted by atomic mass is 16.3. The van der Waals surface area contributed by atoms with Crippen molar-refractivity contribution in [2.45, 2.75) is 115 Å². The molecule has 3 saturated carbocycles. The lowest BCUT2D eigenvalue weighted by Gasteiger charge is -2.35. The topological polar surface area (TPSA) is 60.7 Å². The van der Waals surface area contributed by atoms with Crippen molar-refractivity contribution in [2.24, 2.45) is 11.3 Å². The molecule has 0 aliphatic heterocycles. The molecule has 1 spiro atoms. The lowest BCUT2D eigenvalue weighted by Crippen LogP contribution is -2.24. The lowest BCUT2D eigenvalue weighted by molar-refractivity contribution is 0.0608. The van der Waals surface area contributed by atoms with Crippen LogP contribution in [0.1, 0.15) is 97.3 Å². The number of hydrogen-bond acceptors (Lipinski definition) is 3. The molecule has 3 rings (SSSR count). The monoisotopic (exact) mass is 376 g/mol. The van der Waals surface area contributed by atoms with Crippen LogP contribution in [0.3, 0.4) is 0 Å². The molecule has 0 radical (unpaired) electrons. The summed E-state index contributed by atoms with van der Waals surface area (Å²) in [5.74, 6) is 0.841. The molecule has 3 aliphatic rings. The maximum absolute atomic E-state index is 9.92. The molecule has 3 aliphatic carbocycles. The highest BCUT2D eigenvalue weighted by molar-refractivity contribution is 5.22. The van der Waals surface area contributed by atoms with Crippen LogP contribution in [0.25, 0.3) is 0 Å². The van der Waals surface area contributed by atoms with Crippen LogP contribution >= 0.6 is 0 Å². The van der Waals surface area contributed by atoms with Gasteiger partial charge in [-0.25, -0.2) is 0 Å². The smallest absolute Gasteiger partial charge is 0.0602 e. The van der Waals surface area contributed by atoms with Crippen molar-refractivity contribution in [3.05, 3.63) is 23.3 Å². The average Bonchev–Trinajstić information content (AvgIpc) is 2.93. The number of hydrogen-bond donors (Lipinski definition) is 3. The summed E-state index contributed by atoms with van der Waals surface area (Å²) >= 11 is 0. The van der Waals surface area contributed by atoms with E-state index in [0.717, 1.165) is 31.6 Å². The predicted molar refractivity (Wildman–Crippen MR) is 110 cm³/mol. The van der Waals surface area contributed by atoms with Gasteiger partial charge >= 0.3 is 0 Å². The minimum Gasteiger partial charge on any atom is -0.393 e. The van der Waals surface area contributed by atoms with E-state index in [0.29, 0.717) is 11.8 Å². The Labute approximate surface area is 165 Å². The average molecular weight is 377 g/mol. The van der Waals surface area contributed by atoms with E-state index in [1.165, 1.54) is 56.9 Å². The first kappa shape index (κ1) is 21.1. The normalized spacial score (nSPS) is 36.6. The van der Waals surface area contributed by atoms with Crippen LogP contribution in [-0.2, 0) is 0 Å². The molecule has 0 saturated heterocycles. The van der Waals surface area contributed by atoms with Gasteiger partial charge in [0.25, 0.3) is 0 Å². The van der Waals surface area contributed by atoms with Gasteiger partial charge < -0.3 is 15.3 Å². The van der Waals surface area contributed by atoms with Gasteiger partial charge in [-0.15, -0.1) is 0 Å². The summed E-state index contributed by atoms with van der Waals surface area (Å²) in [5, 5.41) is 29.7. The van der Waals surface area contributed by atoms with Gasteiger partial charge in [0.2, 0.25) is 0 Å². The predicted octanol–water partition coefficient (Wildman–Crippen LogP) is 5.05. The Morgan fingerprint density at radius 2 is 1.78 bits per heavy atom. The Hall–Kier alpha value is -0.640. The van der Waals surface area contributed by atoms with E-state index in [2.05, 4.69) is 12.2 Å². The Bertz CT molecular complexity index is 544. The largest absolute Gasteiger partial charge is 0.393 e. The molecule has 3 N–H and O–H groups in total. The van der Waals surface area contributed by atoms with Gasteiger partial charge in [-0.2, -0.15) is 0 Å². The molecular weight excluding hydrogens is 336 g/mol. The quantitative estimate of drug-likeness (QED) is 0.629. The van der Waals surface area contributed by atoms with Gasteiger partial charge in [0.1, 0.15) is 0 Å². The van der Waals surface area contributed by atoms with Gasteiger partial charge in [-0.1, -0.05) is 36.1 Å². The van der Waals surface area contributed by atoms with Crippen molar-refractivity contribution in [3.63, 3.8) is 0 Å². The summed E-state index contributed by atoms with van der Waals surface area (Å²) in [6.45, 7) is 3.83. The Morgan fingerprint density at radius 1 is 1.07 bits per heavy atom. The maximum atomic E-state index is 9.92. The third-order valence-electron chi connectivity index (χ3n) is 7.11. The summed E-state index contributed by atoms with van der Waals surface area (Å²) in [4.78, 5) is 0.